The molecule has 3 rings (SSSR count). The van der Waals surface area contributed by atoms with Crippen LogP contribution in [0.25, 0.3) is 5.65 Å². The van der Waals surface area contributed by atoms with Gasteiger partial charge in [-0.3, -0.25) is 4.79 Å². The largest absolute Gasteiger partial charge is 0.349 e. The summed E-state index contributed by atoms with van der Waals surface area (Å²) in [5.74, 6) is 1.39. The third kappa shape index (κ3) is 2.83. The molecule has 22 heavy (non-hydrogen) atoms. The number of pyridine rings is 1. The van der Waals surface area contributed by atoms with E-state index in [-0.39, 0.29) is 5.91 Å². The van der Waals surface area contributed by atoms with E-state index in [2.05, 4.69) is 20.4 Å². The maximum atomic E-state index is 12.1. The molecule has 0 aliphatic carbocycles. The summed E-state index contributed by atoms with van der Waals surface area (Å²) >= 11 is 0. The molecule has 0 bridgehead atoms. The van der Waals surface area contributed by atoms with Crippen molar-refractivity contribution in [3.8, 4) is 0 Å². The number of hydrogen-bond donors (Lipinski definition) is 1. The Balaban J connectivity index is 1.64. The van der Waals surface area contributed by atoms with Gasteiger partial charge >= 0.3 is 0 Å². The summed E-state index contributed by atoms with van der Waals surface area (Å²) in [4.78, 5) is 20.7. The van der Waals surface area contributed by atoms with Crippen molar-refractivity contribution in [2.24, 2.45) is 0 Å². The van der Waals surface area contributed by atoms with Gasteiger partial charge in [0.15, 0.2) is 0 Å². The highest BCUT2D eigenvalue weighted by molar-refractivity contribution is 5.92. The predicted octanol–water partition coefficient (Wildman–Crippen LogP) is 1.28. The van der Waals surface area contributed by atoms with Gasteiger partial charge in [-0.15, -0.1) is 0 Å². The first-order valence-corrected chi connectivity index (χ1v) is 7.14. The van der Waals surface area contributed by atoms with E-state index in [1.165, 1.54) is 0 Å². The molecule has 1 amide bonds. The molecule has 0 aromatic carbocycles. The van der Waals surface area contributed by atoms with Gasteiger partial charge in [0, 0.05) is 18.9 Å². The lowest BCUT2D eigenvalue weighted by atomic mass is 10.3. The number of nitrogens with zero attached hydrogens (tertiary/aromatic N) is 5. The molecular formula is C15H18N6O. The Kier molecular flexibility index (Phi) is 3.62. The second-order valence-electron chi connectivity index (χ2n) is 5.28. The number of aromatic nitrogens is 5. The second-order valence-corrected chi connectivity index (χ2v) is 5.28. The number of nitrogens with one attached hydrogen (secondary N) is 1. The number of rotatable bonds is 4. The number of hydrogen-bond acceptors (Lipinski definition) is 4. The summed E-state index contributed by atoms with van der Waals surface area (Å²) in [6.45, 7) is 6.81. The summed E-state index contributed by atoms with van der Waals surface area (Å²) in [7, 11) is 0. The standard InChI is InChI=1S/C15H18N6O/c1-10-4-5-14-18-13(9-20(14)8-10)15(22)16-6-7-21-12(3)17-11(2)19-21/h4-5,8-9H,6-7H2,1-3H3,(H,16,22). The molecule has 0 fully saturated rings. The first-order chi connectivity index (χ1) is 10.5. The molecule has 3 heterocycles. The van der Waals surface area contributed by atoms with Gasteiger partial charge in [-0.25, -0.2) is 14.6 Å². The summed E-state index contributed by atoms with van der Waals surface area (Å²) in [5, 5.41) is 7.11. The van der Waals surface area contributed by atoms with E-state index in [9.17, 15) is 4.79 Å². The third-order valence-electron chi connectivity index (χ3n) is 3.40. The van der Waals surface area contributed by atoms with E-state index in [0.717, 1.165) is 22.9 Å². The van der Waals surface area contributed by atoms with Gasteiger partial charge < -0.3 is 9.72 Å². The van der Waals surface area contributed by atoms with Crippen molar-refractivity contribution in [2.75, 3.05) is 6.54 Å². The van der Waals surface area contributed by atoms with E-state index in [1.54, 1.807) is 10.9 Å². The Hall–Kier alpha value is -2.70. The highest BCUT2D eigenvalue weighted by atomic mass is 16.1. The van der Waals surface area contributed by atoms with Crippen LogP contribution >= 0.6 is 0 Å². The van der Waals surface area contributed by atoms with Crippen molar-refractivity contribution in [2.45, 2.75) is 27.3 Å². The maximum Gasteiger partial charge on any atom is 0.271 e. The molecule has 0 saturated heterocycles. The zero-order valence-electron chi connectivity index (χ0n) is 12.9. The molecule has 0 atom stereocenters. The van der Waals surface area contributed by atoms with E-state index < -0.39 is 0 Å². The lowest BCUT2D eigenvalue weighted by Crippen LogP contribution is -2.28. The molecule has 3 aromatic heterocycles. The van der Waals surface area contributed by atoms with E-state index in [0.29, 0.717) is 18.8 Å². The molecule has 0 unspecified atom stereocenters. The predicted molar refractivity (Wildman–Crippen MR) is 81.8 cm³/mol. The van der Waals surface area contributed by atoms with Crippen molar-refractivity contribution < 1.29 is 4.79 Å². The monoisotopic (exact) mass is 298 g/mol. The Morgan fingerprint density at radius 1 is 1.18 bits per heavy atom. The van der Waals surface area contributed by atoms with E-state index in [4.69, 9.17) is 0 Å². The number of amides is 1. The minimum atomic E-state index is -0.184. The van der Waals surface area contributed by atoms with Gasteiger partial charge in [0.2, 0.25) is 0 Å². The van der Waals surface area contributed by atoms with Gasteiger partial charge in [0.1, 0.15) is 23.0 Å². The highest BCUT2D eigenvalue weighted by Gasteiger charge is 2.10. The Morgan fingerprint density at radius 3 is 2.73 bits per heavy atom. The average molecular weight is 298 g/mol. The average Bonchev–Trinajstić information content (AvgIpc) is 3.01. The van der Waals surface area contributed by atoms with Crippen LogP contribution in [-0.4, -0.2) is 36.6 Å². The van der Waals surface area contributed by atoms with Crippen LogP contribution in [0.5, 0.6) is 0 Å². The molecule has 0 saturated carbocycles. The lowest BCUT2D eigenvalue weighted by molar-refractivity contribution is 0.0947. The second kappa shape index (κ2) is 5.59. The van der Waals surface area contributed by atoms with Crippen LogP contribution in [0, 0.1) is 20.8 Å². The fourth-order valence-electron chi connectivity index (χ4n) is 2.35. The van der Waals surface area contributed by atoms with Crippen LogP contribution in [0.1, 0.15) is 27.7 Å². The number of aryl methyl sites for hydroxylation is 3. The smallest absolute Gasteiger partial charge is 0.271 e. The molecule has 0 radical (unpaired) electrons. The minimum absolute atomic E-state index is 0.184. The number of carbonyl (C=O) groups excluding carboxylic acids is 1. The zero-order valence-corrected chi connectivity index (χ0v) is 12.9. The van der Waals surface area contributed by atoms with E-state index in [1.807, 2.05) is 43.5 Å². The van der Waals surface area contributed by atoms with Crippen LogP contribution < -0.4 is 5.32 Å². The summed E-state index contributed by atoms with van der Waals surface area (Å²) in [6, 6.07) is 3.87. The lowest BCUT2D eigenvalue weighted by Gasteiger charge is -2.04. The molecule has 3 aromatic rings. The van der Waals surface area contributed by atoms with Crippen LogP contribution in [0.4, 0.5) is 0 Å². The zero-order chi connectivity index (χ0) is 15.7. The van der Waals surface area contributed by atoms with Crippen molar-refractivity contribution >= 4 is 11.6 Å². The molecule has 7 heteroatoms. The molecular weight excluding hydrogens is 280 g/mol. The fourth-order valence-corrected chi connectivity index (χ4v) is 2.35. The maximum absolute atomic E-state index is 12.1. The Morgan fingerprint density at radius 2 is 2.00 bits per heavy atom. The summed E-state index contributed by atoms with van der Waals surface area (Å²) < 4.78 is 3.64. The van der Waals surface area contributed by atoms with Crippen molar-refractivity contribution in [3.05, 3.63) is 47.4 Å². The normalized spacial score (nSPS) is 11.0. The van der Waals surface area contributed by atoms with Crippen LogP contribution in [0.15, 0.2) is 24.5 Å². The van der Waals surface area contributed by atoms with Gasteiger partial charge in [-0.1, -0.05) is 6.07 Å². The molecule has 0 aliphatic rings. The van der Waals surface area contributed by atoms with Gasteiger partial charge in [0.25, 0.3) is 5.91 Å². The third-order valence-corrected chi connectivity index (χ3v) is 3.40. The van der Waals surface area contributed by atoms with Crippen molar-refractivity contribution in [3.63, 3.8) is 0 Å². The van der Waals surface area contributed by atoms with Crippen molar-refractivity contribution in [1.82, 2.24) is 29.5 Å². The fraction of sp³-hybridized carbons (Fsp3) is 0.333. The van der Waals surface area contributed by atoms with Crippen LogP contribution in [-0.2, 0) is 6.54 Å². The van der Waals surface area contributed by atoms with Gasteiger partial charge in [0.05, 0.1) is 6.54 Å². The van der Waals surface area contributed by atoms with Crippen LogP contribution in [0.3, 0.4) is 0 Å². The Bertz CT molecular complexity index is 832. The number of fused-ring (bicyclic) bond motifs is 1. The SMILES string of the molecule is Cc1ccc2nc(C(=O)NCCn3nc(C)nc3C)cn2c1. The van der Waals surface area contributed by atoms with Crippen molar-refractivity contribution in [1.29, 1.82) is 0 Å². The summed E-state index contributed by atoms with van der Waals surface area (Å²) in [5.41, 5.74) is 2.30. The number of carbonyl (C=O) groups is 1. The quantitative estimate of drug-likeness (QED) is 0.787. The molecule has 0 spiro atoms. The minimum Gasteiger partial charge on any atom is -0.349 e. The molecule has 0 aliphatic heterocycles. The first kappa shape index (κ1) is 14.2. The molecule has 1 N–H and O–H groups in total. The number of imidazole rings is 1. The Labute approximate surface area is 128 Å². The summed E-state index contributed by atoms with van der Waals surface area (Å²) in [6.07, 6.45) is 3.68. The topological polar surface area (TPSA) is 77.1 Å². The van der Waals surface area contributed by atoms with Gasteiger partial charge in [-0.2, -0.15) is 5.10 Å². The van der Waals surface area contributed by atoms with Gasteiger partial charge in [-0.05, 0) is 32.4 Å². The van der Waals surface area contributed by atoms with Crippen LogP contribution in [0.2, 0.25) is 0 Å². The molecule has 114 valence electrons. The highest BCUT2D eigenvalue weighted by Crippen LogP contribution is 2.07. The first-order valence-electron chi connectivity index (χ1n) is 7.14. The van der Waals surface area contributed by atoms with E-state index >= 15 is 0 Å². The molecule has 7 nitrogen and oxygen atoms in total.